The molecule has 1 saturated heterocycles. The maximum absolute atomic E-state index is 12.9. The fraction of sp³-hybridized carbons (Fsp3) is 0.417. The number of piperidine rings is 1. The standard InChI is InChI=1S/C24H30N2O3/c1-2-3-15-25-23(27)21-10-7-16-26(17-21)24(28)20-11-13-22(14-12-20)29-18-19-8-5-4-6-9-19/h4-6,8-9,11-14,21H,2-3,7,10,15-18H2,1H3,(H,25,27). The molecule has 0 bridgehead atoms. The van der Waals surface area contributed by atoms with E-state index in [1.54, 1.807) is 17.0 Å². The molecule has 29 heavy (non-hydrogen) atoms. The number of hydrogen-bond donors (Lipinski definition) is 1. The van der Waals surface area contributed by atoms with Gasteiger partial charge in [0.1, 0.15) is 12.4 Å². The van der Waals surface area contributed by atoms with Gasteiger partial charge in [0.2, 0.25) is 5.91 Å². The van der Waals surface area contributed by atoms with Crippen LogP contribution in [0.5, 0.6) is 5.75 Å². The zero-order chi connectivity index (χ0) is 20.5. The zero-order valence-electron chi connectivity index (χ0n) is 17.1. The van der Waals surface area contributed by atoms with Crippen molar-refractivity contribution in [2.24, 2.45) is 5.92 Å². The number of ether oxygens (including phenoxy) is 1. The summed E-state index contributed by atoms with van der Waals surface area (Å²) < 4.78 is 5.79. The number of carbonyl (C=O) groups excluding carboxylic acids is 2. The summed E-state index contributed by atoms with van der Waals surface area (Å²) in [5.74, 6) is 0.668. The number of benzene rings is 2. The van der Waals surface area contributed by atoms with Crippen LogP contribution < -0.4 is 10.1 Å². The molecule has 1 aliphatic heterocycles. The molecular weight excluding hydrogens is 364 g/mol. The first-order valence-corrected chi connectivity index (χ1v) is 10.5. The largest absolute Gasteiger partial charge is 0.489 e. The minimum Gasteiger partial charge on any atom is -0.489 e. The van der Waals surface area contributed by atoms with E-state index in [2.05, 4.69) is 12.2 Å². The Morgan fingerprint density at radius 1 is 1.10 bits per heavy atom. The second kappa shape index (κ2) is 10.6. The van der Waals surface area contributed by atoms with Gasteiger partial charge in [-0.1, -0.05) is 43.7 Å². The van der Waals surface area contributed by atoms with Gasteiger partial charge in [-0.15, -0.1) is 0 Å². The first kappa shape index (κ1) is 20.9. The van der Waals surface area contributed by atoms with Crippen LogP contribution in [0, 0.1) is 5.92 Å². The second-order valence-electron chi connectivity index (χ2n) is 7.53. The van der Waals surface area contributed by atoms with E-state index in [1.165, 1.54) is 0 Å². The number of nitrogens with zero attached hydrogens (tertiary/aromatic N) is 1. The third-order valence-corrected chi connectivity index (χ3v) is 5.26. The molecular formula is C24H30N2O3. The van der Waals surface area contributed by atoms with Gasteiger partial charge in [0.15, 0.2) is 0 Å². The van der Waals surface area contributed by atoms with E-state index < -0.39 is 0 Å². The van der Waals surface area contributed by atoms with Crippen molar-refractivity contribution in [2.45, 2.75) is 39.2 Å². The molecule has 1 aliphatic rings. The Bertz CT molecular complexity index is 790. The predicted molar refractivity (Wildman–Crippen MR) is 114 cm³/mol. The van der Waals surface area contributed by atoms with E-state index in [0.29, 0.717) is 31.8 Å². The Morgan fingerprint density at radius 2 is 1.86 bits per heavy atom. The quantitative estimate of drug-likeness (QED) is 0.688. The lowest BCUT2D eigenvalue weighted by atomic mass is 9.96. The van der Waals surface area contributed by atoms with Crippen molar-refractivity contribution in [3.05, 3.63) is 65.7 Å². The van der Waals surface area contributed by atoms with Crippen LogP contribution in [0.2, 0.25) is 0 Å². The molecule has 1 unspecified atom stereocenters. The summed E-state index contributed by atoms with van der Waals surface area (Å²) in [5.41, 5.74) is 1.73. The molecule has 2 amide bonds. The predicted octanol–water partition coefficient (Wildman–Crippen LogP) is 4.03. The monoisotopic (exact) mass is 394 g/mol. The fourth-order valence-corrected chi connectivity index (χ4v) is 3.53. The van der Waals surface area contributed by atoms with Gasteiger partial charge in [-0.05, 0) is 49.1 Å². The van der Waals surface area contributed by atoms with Crippen LogP contribution >= 0.6 is 0 Å². The minimum absolute atomic E-state index is 0.0225. The topological polar surface area (TPSA) is 58.6 Å². The SMILES string of the molecule is CCCCNC(=O)C1CCCN(C(=O)c2ccc(OCc3ccccc3)cc2)C1. The van der Waals surface area contributed by atoms with Crippen LogP contribution in [0.25, 0.3) is 0 Å². The van der Waals surface area contributed by atoms with E-state index in [0.717, 1.165) is 37.0 Å². The summed E-state index contributed by atoms with van der Waals surface area (Å²) in [6.45, 7) is 4.50. The van der Waals surface area contributed by atoms with Crippen molar-refractivity contribution < 1.29 is 14.3 Å². The van der Waals surface area contributed by atoms with E-state index in [9.17, 15) is 9.59 Å². The Kier molecular flexibility index (Phi) is 7.68. The van der Waals surface area contributed by atoms with Gasteiger partial charge in [-0.25, -0.2) is 0 Å². The Hall–Kier alpha value is -2.82. The summed E-state index contributed by atoms with van der Waals surface area (Å²) >= 11 is 0. The smallest absolute Gasteiger partial charge is 0.253 e. The number of hydrogen-bond acceptors (Lipinski definition) is 3. The summed E-state index contributed by atoms with van der Waals surface area (Å²) in [6, 6.07) is 17.2. The van der Waals surface area contributed by atoms with Gasteiger partial charge in [0.25, 0.3) is 5.91 Å². The van der Waals surface area contributed by atoms with Crippen molar-refractivity contribution in [3.8, 4) is 5.75 Å². The molecule has 0 aromatic heterocycles. The average molecular weight is 395 g/mol. The van der Waals surface area contributed by atoms with E-state index in [1.807, 2.05) is 42.5 Å². The van der Waals surface area contributed by atoms with Crippen LogP contribution in [0.15, 0.2) is 54.6 Å². The zero-order valence-corrected chi connectivity index (χ0v) is 17.1. The first-order valence-electron chi connectivity index (χ1n) is 10.5. The first-order chi connectivity index (χ1) is 14.2. The van der Waals surface area contributed by atoms with Crippen molar-refractivity contribution >= 4 is 11.8 Å². The summed E-state index contributed by atoms with van der Waals surface area (Å²) in [5, 5.41) is 2.99. The van der Waals surface area contributed by atoms with Crippen LogP contribution in [-0.4, -0.2) is 36.3 Å². The maximum atomic E-state index is 12.9. The van der Waals surface area contributed by atoms with Crippen molar-refractivity contribution in [1.82, 2.24) is 10.2 Å². The molecule has 0 aliphatic carbocycles. The molecule has 1 atom stereocenters. The molecule has 2 aromatic rings. The van der Waals surface area contributed by atoms with Gasteiger partial charge in [-0.2, -0.15) is 0 Å². The number of rotatable bonds is 8. The molecule has 0 saturated carbocycles. The molecule has 5 nitrogen and oxygen atoms in total. The van der Waals surface area contributed by atoms with Crippen molar-refractivity contribution in [3.63, 3.8) is 0 Å². The maximum Gasteiger partial charge on any atom is 0.253 e. The van der Waals surface area contributed by atoms with Gasteiger partial charge in [0, 0.05) is 25.2 Å². The fourth-order valence-electron chi connectivity index (χ4n) is 3.53. The average Bonchev–Trinajstić information content (AvgIpc) is 2.78. The number of likely N-dealkylation sites (tertiary alicyclic amines) is 1. The lowest BCUT2D eigenvalue weighted by Crippen LogP contribution is -2.45. The molecule has 5 heteroatoms. The second-order valence-corrected chi connectivity index (χ2v) is 7.53. The molecule has 0 radical (unpaired) electrons. The highest BCUT2D eigenvalue weighted by Crippen LogP contribution is 2.21. The Morgan fingerprint density at radius 3 is 2.59 bits per heavy atom. The summed E-state index contributed by atoms with van der Waals surface area (Å²) in [7, 11) is 0. The molecule has 154 valence electrons. The van der Waals surface area contributed by atoms with Crippen molar-refractivity contribution in [2.75, 3.05) is 19.6 Å². The molecule has 1 N–H and O–H groups in total. The van der Waals surface area contributed by atoms with Crippen LogP contribution in [0.4, 0.5) is 0 Å². The third kappa shape index (κ3) is 6.08. The highest BCUT2D eigenvalue weighted by Gasteiger charge is 2.28. The molecule has 1 heterocycles. The lowest BCUT2D eigenvalue weighted by molar-refractivity contribution is -0.126. The molecule has 1 fully saturated rings. The van der Waals surface area contributed by atoms with Gasteiger partial charge >= 0.3 is 0 Å². The van der Waals surface area contributed by atoms with Crippen LogP contribution in [-0.2, 0) is 11.4 Å². The van der Waals surface area contributed by atoms with Crippen LogP contribution in [0.1, 0.15) is 48.5 Å². The molecule has 3 rings (SSSR count). The van der Waals surface area contributed by atoms with E-state index in [-0.39, 0.29) is 17.7 Å². The normalized spacial score (nSPS) is 16.3. The Labute approximate surface area is 173 Å². The molecule has 2 aromatic carbocycles. The molecule has 0 spiro atoms. The number of unbranched alkanes of at least 4 members (excludes halogenated alkanes) is 1. The Balaban J connectivity index is 1.53. The van der Waals surface area contributed by atoms with E-state index in [4.69, 9.17) is 4.74 Å². The van der Waals surface area contributed by atoms with Gasteiger partial charge in [0.05, 0.1) is 5.92 Å². The summed E-state index contributed by atoms with van der Waals surface area (Å²) in [6.07, 6.45) is 3.74. The third-order valence-electron chi connectivity index (χ3n) is 5.26. The summed E-state index contributed by atoms with van der Waals surface area (Å²) in [4.78, 5) is 27.0. The highest BCUT2D eigenvalue weighted by atomic mass is 16.5. The lowest BCUT2D eigenvalue weighted by Gasteiger charge is -2.32. The number of amides is 2. The van der Waals surface area contributed by atoms with Crippen LogP contribution in [0.3, 0.4) is 0 Å². The number of nitrogens with one attached hydrogen (secondary N) is 1. The van der Waals surface area contributed by atoms with Gasteiger partial charge in [-0.3, -0.25) is 9.59 Å². The highest BCUT2D eigenvalue weighted by molar-refractivity contribution is 5.94. The minimum atomic E-state index is -0.113. The number of carbonyl (C=O) groups is 2. The van der Waals surface area contributed by atoms with E-state index >= 15 is 0 Å². The van der Waals surface area contributed by atoms with Crippen molar-refractivity contribution in [1.29, 1.82) is 0 Å². The van der Waals surface area contributed by atoms with Gasteiger partial charge < -0.3 is 15.0 Å².